The molecule has 0 aliphatic rings. The van der Waals surface area contributed by atoms with E-state index >= 15 is 0 Å². The van der Waals surface area contributed by atoms with Crippen molar-refractivity contribution in [2.75, 3.05) is 13.1 Å². The predicted octanol–water partition coefficient (Wildman–Crippen LogP) is 5.27. The molecule has 3 rings (SSSR count). The lowest BCUT2D eigenvalue weighted by Gasteiger charge is -2.17. The Labute approximate surface area is 152 Å². The normalized spacial score (nSPS) is 10.8. The van der Waals surface area contributed by atoms with Crippen LogP contribution >= 0.6 is 12.4 Å². The fourth-order valence-electron chi connectivity index (χ4n) is 2.93. The molecule has 0 atom stereocenters. The zero-order chi connectivity index (χ0) is 17.1. The fraction of sp³-hybridized carbons (Fsp3) is 0.263. The summed E-state index contributed by atoms with van der Waals surface area (Å²) in [5.74, 6) is 0.848. The molecule has 0 aliphatic heterocycles. The van der Waals surface area contributed by atoms with Crippen LogP contribution < -0.4 is 0 Å². The highest BCUT2D eigenvalue weighted by Crippen LogP contribution is 2.37. The van der Waals surface area contributed by atoms with Crippen molar-refractivity contribution in [3.8, 4) is 11.1 Å². The molecule has 25 heavy (non-hydrogen) atoms. The van der Waals surface area contributed by atoms with Gasteiger partial charge in [0.25, 0.3) is 5.69 Å². The van der Waals surface area contributed by atoms with Crippen LogP contribution in [0.25, 0.3) is 22.1 Å². The molecule has 0 radical (unpaired) electrons. The van der Waals surface area contributed by atoms with E-state index in [2.05, 4.69) is 18.7 Å². The lowest BCUT2D eigenvalue weighted by atomic mass is 10.0. The number of halogens is 1. The first-order chi connectivity index (χ1) is 11.6. The average Bonchev–Trinajstić information content (AvgIpc) is 2.97. The van der Waals surface area contributed by atoms with Crippen LogP contribution in [0.1, 0.15) is 19.6 Å². The number of benzene rings is 2. The molecular formula is C19H21ClN2O3. The lowest BCUT2D eigenvalue weighted by Crippen LogP contribution is -2.22. The van der Waals surface area contributed by atoms with E-state index in [4.69, 9.17) is 4.42 Å². The van der Waals surface area contributed by atoms with Crippen molar-refractivity contribution in [2.45, 2.75) is 20.4 Å². The smallest absolute Gasteiger partial charge is 0.270 e. The van der Waals surface area contributed by atoms with E-state index in [1.807, 2.05) is 30.3 Å². The molecule has 1 heterocycles. The Balaban J connectivity index is 0.00000225. The number of non-ortho nitro benzene ring substituents is 1. The van der Waals surface area contributed by atoms with Gasteiger partial charge in [-0.3, -0.25) is 15.0 Å². The molecule has 1 aromatic heterocycles. The van der Waals surface area contributed by atoms with Crippen LogP contribution in [-0.2, 0) is 6.54 Å². The molecule has 3 aromatic rings. The van der Waals surface area contributed by atoms with Crippen molar-refractivity contribution in [3.05, 3.63) is 64.4 Å². The largest absolute Gasteiger partial charge is 0.459 e. The molecule has 0 fully saturated rings. The summed E-state index contributed by atoms with van der Waals surface area (Å²) in [6.07, 6.45) is 0. The summed E-state index contributed by atoms with van der Waals surface area (Å²) < 4.78 is 6.06. The van der Waals surface area contributed by atoms with Crippen LogP contribution in [-0.4, -0.2) is 22.9 Å². The molecule has 0 saturated heterocycles. The predicted molar refractivity (Wildman–Crippen MR) is 102 cm³/mol. The summed E-state index contributed by atoms with van der Waals surface area (Å²) in [5, 5.41) is 11.9. The summed E-state index contributed by atoms with van der Waals surface area (Å²) in [6, 6.07) is 14.7. The number of nitro benzene ring substituents is 1. The van der Waals surface area contributed by atoms with Gasteiger partial charge < -0.3 is 4.42 Å². The van der Waals surface area contributed by atoms with Crippen LogP contribution in [0.3, 0.4) is 0 Å². The van der Waals surface area contributed by atoms with Gasteiger partial charge in [-0.25, -0.2) is 0 Å². The van der Waals surface area contributed by atoms with Crippen molar-refractivity contribution in [2.24, 2.45) is 0 Å². The first-order valence-electron chi connectivity index (χ1n) is 8.11. The quantitative estimate of drug-likeness (QED) is 0.443. The number of hydrogen-bond acceptors (Lipinski definition) is 4. The van der Waals surface area contributed by atoms with Gasteiger partial charge in [0.05, 0.1) is 11.5 Å². The second kappa shape index (κ2) is 8.14. The van der Waals surface area contributed by atoms with E-state index in [0.29, 0.717) is 12.1 Å². The van der Waals surface area contributed by atoms with Gasteiger partial charge in [0.15, 0.2) is 0 Å². The topological polar surface area (TPSA) is 59.5 Å². The summed E-state index contributed by atoms with van der Waals surface area (Å²) in [7, 11) is 0. The van der Waals surface area contributed by atoms with E-state index in [9.17, 15) is 10.1 Å². The summed E-state index contributed by atoms with van der Waals surface area (Å²) >= 11 is 0. The molecule has 0 N–H and O–H groups in total. The maximum atomic E-state index is 11.1. The Bertz CT molecular complexity index is 858. The fourth-order valence-corrected chi connectivity index (χ4v) is 2.93. The summed E-state index contributed by atoms with van der Waals surface area (Å²) in [5.41, 5.74) is 2.72. The maximum absolute atomic E-state index is 11.1. The van der Waals surface area contributed by atoms with E-state index in [0.717, 1.165) is 35.4 Å². The molecule has 132 valence electrons. The van der Waals surface area contributed by atoms with Gasteiger partial charge in [0.1, 0.15) is 11.3 Å². The van der Waals surface area contributed by atoms with Gasteiger partial charge in [-0.15, -0.1) is 12.4 Å². The highest BCUT2D eigenvalue weighted by Gasteiger charge is 2.20. The number of fused-ring (bicyclic) bond motifs is 1. The Hall–Kier alpha value is -2.37. The first-order valence-corrected chi connectivity index (χ1v) is 8.11. The molecule has 2 aromatic carbocycles. The van der Waals surface area contributed by atoms with Gasteiger partial charge in [-0.1, -0.05) is 44.2 Å². The molecule has 0 amide bonds. The second-order valence-corrected chi connectivity index (χ2v) is 5.67. The molecule has 0 saturated carbocycles. The number of furan rings is 1. The van der Waals surface area contributed by atoms with Gasteiger partial charge in [-0.05, 0) is 24.7 Å². The van der Waals surface area contributed by atoms with E-state index in [-0.39, 0.29) is 23.0 Å². The van der Waals surface area contributed by atoms with Crippen LogP contribution in [0.5, 0.6) is 0 Å². The first kappa shape index (κ1) is 19.0. The SMILES string of the molecule is CCN(CC)Cc1oc2ccc([N+](=O)[O-])cc2c1-c1ccccc1.Cl. The Morgan fingerprint density at radius 3 is 2.36 bits per heavy atom. The standard InChI is InChI=1S/C19H20N2O3.ClH/c1-3-20(4-2)13-18-19(14-8-6-5-7-9-14)16-12-15(21(22)23)10-11-17(16)24-18;/h5-12H,3-4,13H2,1-2H3;1H. The highest BCUT2D eigenvalue weighted by atomic mass is 35.5. The number of nitrogens with zero attached hydrogens (tertiary/aromatic N) is 2. The van der Waals surface area contributed by atoms with Crippen LogP contribution in [0, 0.1) is 10.1 Å². The zero-order valence-electron chi connectivity index (χ0n) is 14.3. The molecule has 5 nitrogen and oxygen atoms in total. The van der Waals surface area contributed by atoms with E-state index in [1.165, 1.54) is 6.07 Å². The second-order valence-electron chi connectivity index (χ2n) is 5.67. The van der Waals surface area contributed by atoms with Crippen LogP contribution in [0.4, 0.5) is 5.69 Å². The van der Waals surface area contributed by atoms with Gasteiger partial charge in [-0.2, -0.15) is 0 Å². The number of rotatable bonds is 6. The lowest BCUT2D eigenvalue weighted by molar-refractivity contribution is -0.384. The van der Waals surface area contributed by atoms with Crippen LogP contribution in [0.2, 0.25) is 0 Å². The Morgan fingerprint density at radius 1 is 1.08 bits per heavy atom. The van der Waals surface area contributed by atoms with Crippen molar-refractivity contribution in [3.63, 3.8) is 0 Å². The third-order valence-corrected chi connectivity index (χ3v) is 4.28. The molecule has 0 unspecified atom stereocenters. The van der Waals surface area contributed by atoms with Crippen molar-refractivity contribution < 1.29 is 9.34 Å². The third kappa shape index (κ3) is 3.83. The van der Waals surface area contributed by atoms with Crippen molar-refractivity contribution in [1.29, 1.82) is 0 Å². The number of nitro groups is 1. The molecular weight excluding hydrogens is 340 g/mol. The van der Waals surface area contributed by atoms with Crippen molar-refractivity contribution >= 4 is 29.1 Å². The average molecular weight is 361 g/mol. The van der Waals surface area contributed by atoms with Crippen LogP contribution in [0.15, 0.2) is 52.9 Å². The minimum absolute atomic E-state index is 0. The van der Waals surface area contributed by atoms with Gasteiger partial charge in [0.2, 0.25) is 0 Å². The Kier molecular flexibility index (Phi) is 6.17. The van der Waals surface area contributed by atoms with E-state index < -0.39 is 0 Å². The molecule has 6 heteroatoms. The maximum Gasteiger partial charge on any atom is 0.270 e. The van der Waals surface area contributed by atoms with E-state index in [1.54, 1.807) is 12.1 Å². The molecule has 0 bridgehead atoms. The van der Waals surface area contributed by atoms with Gasteiger partial charge >= 0.3 is 0 Å². The minimum Gasteiger partial charge on any atom is -0.459 e. The monoisotopic (exact) mass is 360 g/mol. The Morgan fingerprint density at radius 2 is 1.76 bits per heavy atom. The minimum atomic E-state index is -0.370. The zero-order valence-corrected chi connectivity index (χ0v) is 15.1. The molecule has 0 aliphatic carbocycles. The summed E-state index contributed by atoms with van der Waals surface area (Å²) in [4.78, 5) is 13.0. The third-order valence-electron chi connectivity index (χ3n) is 4.28. The summed E-state index contributed by atoms with van der Waals surface area (Å²) in [6.45, 7) is 6.74. The van der Waals surface area contributed by atoms with Crippen molar-refractivity contribution in [1.82, 2.24) is 4.90 Å². The number of hydrogen-bond donors (Lipinski definition) is 0. The molecule has 0 spiro atoms. The van der Waals surface area contributed by atoms with Gasteiger partial charge in [0, 0.05) is 23.1 Å². The highest BCUT2D eigenvalue weighted by molar-refractivity contribution is 5.97.